The lowest BCUT2D eigenvalue weighted by Gasteiger charge is -2.35. The first-order valence-electron chi connectivity index (χ1n) is 10.1. The molecule has 2 aliphatic carbocycles. The summed E-state index contributed by atoms with van der Waals surface area (Å²) in [5.74, 6) is -0.0772. The zero-order valence-corrected chi connectivity index (χ0v) is 15.8. The van der Waals surface area contributed by atoms with Crippen LogP contribution in [0.2, 0.25) is 0 Å². The largest absolute Gasteiger partial charge is 0.462 e. The summed E-state index contributed by atoms with van der Waals surface area (Å²) in [6.45, 7) is 3.89. The first kappa shape index (κ1) is 19.4. The first-order chi connectivity index (χ1) is 12.6. The molecular weight excluding hydrogens is 336 g/mol. The van der Waals surface area contributed by atoms with Gasteiger partial charge in [0.1, 0.15) is 6.10 Å². The van der Waals surface area contributed by atoms with Crippen LogP contribution in [0.25, 0.3) is 0 Å². The zero-order chi connectivity index (χ0) is 18.4. The first-order valence-corrected chi connectivity index (χ1v) is 10.1. The average molecular weight is 368 g/mol. The van der Waals surface area contributed by atoms with Crippen LogP contribution >= 0.6 is 0 Å². The SMILES string of the molecule is CCNC(=O)NC1CCC(OC(=O)CC2CCC3(CC2)OCCO3)CC1. The summed E-state index contributed by atoms with van der Waals surface area (Å²) < 4.78 is 17.2. The van der Waals surface area contributed by atoms with Gasteiger partial charge in [-0.05, 0) is 51.4 Å². The van der Waals surface area contributed by atoms with Crippen molar-refractivity contribution >= 4 is 12.0 Å². The predicted octanol–water partition coefficient (Wildman–Crippen LogP) is 2.48. The molecule has 1 aliphatic heterocycles. The maximum atomic E-state index is 12.3. The number of urea groups is 1. The molecule has 0 unspecified atom stereocenters. The van der Waals surface area contributed by atoms with Crippen molar-refractivity contribution in [3.8, 4) is 0 Å². The number of ether oxygens (including phenoxy) is 3. The van der Waals surface area contributed by atoms with Gasteiger partial charge in [0.15, 0.2) is 5.79 Å². The van der Waals surface area contributed by atoms with Gasteiger partial charge < -0.3 is 24.8 Å². The molecule has 2 saturated carbocycles. The molecule has 2 amide bonds. The van der Waals surface area contributed by atoms with Gasteiger partial charge >= 0.3 is 12.0 Å². The Balaban J connectivity index is 1.31. The van der Waals surface area contributed by atoms with Crippen LogP contribution in [0.4, 0.5) is 4.79 Å². The number of carbonyl (C=O) groups excluding carboxylic acids is 2. The summed E-state index contributed by atoms with van der Waals surface area (Å²) in [7, 11) is 0. The minimum atomic E-state index is -0.365. The second-order valence-electron chi connectivity index (χ2n) is 7.72. The molecule has 3 aliphatic rings. The Labute approximate surface area is 155 Å². The monoisotopic (exact) mass is 368 g/mol. The van der Waals surface area contributed by atoms with Crippen molar-refractivity contribution in [2.24, 2.45) is 5.92 Å². The van der Waals surface area contributed by atoms with Crippen molar-refractivity contribution in [1.29, 1.82) is 0 Å². The Morgan fingerprint density at radius 3 is 2.31 bits per heavy atom. The van der Waals surface area contributed by atoms with Crippen LogP contribution in [-0.2, 0) is 19.0 Å². The van der Waals surface area contributed by atoms with Crippen LogP contribution in [0.3, 0.4) is 0 Å². The van der Waals surface area contributed by atoms with Crippen LogP contribution in [-0.4, -0.2) is 49.7 Å². The number of hydrogen-bond donors (Lipinski definition) is 2. The molecule has 1 heterocycles. The predicted molar refractivity (Wildman–Crippen MR) is 95.6 cm³/mol. The van der Waals surface area contributed by atoms with Gasteiger partial charge in [0.2, 0.25) is 0 Å². The quantitative estimate of drug-likeness (QED) is 0.728. The molecule has 0 aromatic carbocycles. The molecule has 1 saturated heterocycles. The molecule has 0 atom stereocenters. The highest BCUT2D eigenvalue weighted by Gasteiger charge is 2.40. The lowest BCUT2D eigenvalue weighted by molar-refractivity contribution is -0.184. The molecule has 7 heteroatoms. The van der Waals surface area contributed by atoms with Gasteiger partial charge in [-0.15, -0.1) is 0 Å². The van der Waals surface area contributed by atoms with E-state index in [0.717, 1.165) is 51.4 Å². The van der Waals surface area contributed by atoms with Crippen LogP contribution in [0, 0.1) is 5.92 Å². The number of rotatable bonds is 5. The Kier molecular flexibility index (Phi) is 6.75. The van der Waals surface area contributed by atoms with E-state index in [0.29, 0.717) is 32.1 Å². The van der Waals surface area contributed by atoms with E-state index in [2.05, 4.69) is 10.6 Å². The smallest absolute Gasteiger partial charge is 0.314 e. The summed E-state index contributed by atoms with van der Waals surface area (Å²) in [4.78, 5) is 23.8. The molecule has 2 N–H and O–H groups in total. The van der Waals surface area contributed by atoms with Gasteiger partial charge in [0.05, 0.1) is 13.2 Å². The van der Waals surface area contributed by atoms with E-state index in [1.807, 2.05) is 6.92 Å². The van der Waals surface area contributed by atoms with E-state index in [4.69, 9.17) is 14.2 Å². The molecular formula is C19H32N2O5. The van der Waals surface area contributed by atoms with Crippen molar-refractivity contribution < 1.29 is 23.8 Å². The number of esters is 1. The molecule has 0 radical (unpaired) electrons. The minimum Gasteiger partial charge on any atom is -0.462 e. The second kappa shape index (κ2) is 9.04. The standard InChI is InChI=1S/C19H32N2O5/c1-2-20-18(23)21-15-3-5-16(6-4-15)26-17(22)13-14-7-9-19(10-8-14)24-11-12-25-19/h14-16H,2-13H2,1H3,(H2,20,21,23). The molecule has 1 spiro atoms. The fourth-order valence-corrected chi connectivity index (χ4v) is 4.30. The Morgan fingerprint density at radius 1 is 1.04 bits per heavy atom. The number of nitrogens with one attached hydrogen (secondary N) is 2. The van der Waals surface area contributed by atoms with Gasteiger partial charge in [-0.25, -0.2) is 4.79 Å². The maximum Gasteiger partial charge on any atom is 0.314 e. The van der Waals surface area contributed by atoms with Crippen molar-refractivity contribution in [3.05, 3.63) is 0 Å². The summed E-state index contributed by atoms with van der Waals surface area (Å²) in [5, 5.41) is 5.72. The van der Waals surface area contributed by atoms with E-state index < -0.39 is 0 Å². The van der Waals surface area contributed by atoms with Crippen LogP contribution in [0.5, 0.6) is 0 Å². The van der Waals surface area contributed by atoms with E-state index in [-0.39, 0.29) is 29.9 Å². The van der Waals surface area contributed by atoms with E-state index >= 15 is 0 Å². The van der Waals surface area contributed by atoms with Crippen LogP contribution in [0.1, 0.15) is 64.7 Å². The number of carbonyl (C=O) groups is 2. The fraction of sp³-hybridized carbons (Fsp3) is 0.895. The highest BCUT2D eigenvalue weighted by Crippen LogP contribution is 2.39. The lowest BCUT2D eigenvalue weighted by Crippen LogP contribution is -2.44. The lowest BCUT2D eigenvalue weighted by atomic mass is 9.83. The summed E-state index contributed by atoms with van der Waals surface area (Å²) in [5.41, 5.74) is 0. The van der Waals surface area contributed by atoms with Crippen LogP contribution in [0.15, 0.2) is 0 Å². The average Bonchev–Trinajstić information content (AvgIpc) is 3.07. The van der Waals surface area contributed by atoms with Crippen molar-refractivity contribution in [3.63, 3.8) is 0 Å². The van der Waals surface area contributed by atoms with Gasteiger partial charge in [-0.3, -0.25) is 4.79 Å². The van der Waals surface area contributed by atoms with Crippen molar-refractivity contribution in [1.82, 2.24) is 10.6 Å². The van der Waals surface area contributed by atoms with Gasteiger partial charge in [0.25, 0.3) is 0 Å². The topological polar surface area (TPSA) is 85.9 Å². The molecule has 3 fully saturated rings. The molecule has 3 rings (SSSR count). The third-order valence-electron chi connectivity index (χ3n) is 5.78. The van der Waals surface area contributed by atoms with E-state index in [1.54, 1.807) is 0 Å². The third-order valence-corrected chi connectivity index (χ3v) is 5.78. The van der Waals surface area contributed by atoms with Gasteiger partial charge in [0, 0.05) is 31.8 Å². The molecule has 0 aromatic rings. The zero-order valence-electron chi connectivity index (χ0n) is 15.8. The van der Waals surface area contributed by atoms with E-state index in [9.17, 15) is 9.59 Å². The van der Waals surface area contributed by atoms with Gasteiger partial charge in [-0.1, -0.05) is 0 Å². The number of hydrogen-bond acceptors (Lipinski definition) is 5. The van der Waals surface area contributed by atoms with Crippen LogP contribution < -0.4 is 10.6 Å². The van der Waals surface area contributed by atoms with Crippen molar-refractivity contribution in [2.75, 3.05) is 19.8 Å². The van der Waals surface area contributed by atoms with Crippen molar-refractivity contribution in [2.45, 2.75) is 82.6 Å². The summed E-state index contributed by atoms with van der Waals surface area (Å²) in [6, 6.07) is 0.0654. The fourth-order valence-electron chi connectivity index (χ4n) is 4.30. The molecule has 148 valence electrons. The minimum absolute atomic E-state index is 0.00813. The summed E-state index contributed by atoms with van der Waals surface area (Å²) in [6.07, 6.45) is 7.50. The Bertz CT molecular complexity index is 474. The number of amides is 2. The van der Waals surface area contributed by atoms with Gasteiger partial charge in [-0.2, -0.15) is 0 Å². The molecule has 0 bridgehead atoms. The highest BCUT2D eigenvalue weighted by atomic mass is 16.7. The summed E-state index contributed by atoms with van der Waals surface area (Å²) >= 11 is 0. The molecule has 7 nitrogen and oxygen atoms in total. The molecule has 0 aromatic heterocycles. The Morgan fingerprint density at radius 2 is 1.69 bits per heavy atom. The highest BCUT2D eigenvalue weighted by molar-refractivity contribution is 5.74. The second-order valence-corrected chi connectivity index (χ2v) is 7.72. The maximum absolute atomic E-state index is 12.3. The van der Waals surface area contributed by atoms with E-state index in [1.165, 1.54) is 0 Å². The molecule has 26 heavy (non-hydrogen) atoms. The Hall–Kier alpha value is -1.34. The third kappa shape index (κ3) is 5.33. The normalized spacial score (nSPS) is 28.7.